The zero-order chi connectivity index (χ0) is 25.8. The van der Waals surface area contributed by atoms with Crippen molar-refractivity contribution in [2.24, 2.45) is 5.10 Å². The van der Waals surface area contributed by atoms with Crippen LogP contribution in [0.3, 0.4) is 0 Å². The lowest BCUT2D eigenvalue weighted by Crippen LogP contribution is -2.22. The lowest BCUT2D eigenvalue weighted by molar-refractivity contribution is -0.385. The Kier molecular flexibility index (Phi) is 7.20. The Bertz CT molecular complexity index is 1580. The van der Waals surface area contributed by atoms with Gasteiger partial charge in [0, 0.05) is 22.5 Å². The van der Waals surface area contributed by atoms with Gasteiger partial charge in [0.2, 0.25) is 0 Å². The lowest BCUT2D eigenvalue weighted by atomic mass is 10.1. The summed E-state index contributed by atoms with van der Waals surface area (Å²) in [6.07, 6.45) is 1.80. The number of nitrogens with zero attached hydrogens (tertiary/aromatic N) is 4. The first-order valence-corrected chi connectivity index (χ1v) is 11.5. The molecule has 0 bridgehead atoms. The summed E-state index contributed by atoms with van der Waals surface area (Å²) in [7, 11) is 0. The molecular weight excluding hydrogens is 532 g/mol. The van der Waals surface area contributed by atoms with Crippen molar-refractivity contribution in [3.63, 3.8) is 0 Å². The minimum Gasteiger partial charge on any atom is -0.482 e. The predicted octanol–water partition coefficient (Wildman–Crippen LogP) is 4.79. The number of halogens is 1. The van der Waals surface area contributed by atoms with Crippen molar-refractivity contribution in [3.8, 4) is 5.75 Å². The number of rotatable bonds is 8. The summed E-state index contributed by atoms with van der Waals surface area (Å²) in [6, 6.07) is 15.6. The highest BCUT2D eigenvalue weighted by Crippen LogP contribution is 2.28. The summed E-state index contributed by atoms with van der Waals surface area (Å²) in [4.78, 5) is 39.8. The number of nitro groups is 1. The number of aromatic carboxylic acids is 1. The molecule has 0 unspecified atom stereocenters. The number of nitro benzene ring substituents is 1. The molecule has 0 fully saturated rings. The van der Waals surface area contributed by atoms with Gasteiger partial charge >= 0.3 is 11.7 Å². The van der Waals surface area contributed by atoms with E-state index in [1.54, 1.807) is 36.4 Å². The van der Waals surface area contributed by atoms with Crippen LogP contribution in [-0.4, -0.2) is 31.9 Å². The SMILES string of the molecule is CCc1nc2ccc(Br)cc2c(=O)n1N=Cc1ccc(OCc2cccc(C(=O)O)c2)c([N+](=O)[O-])c1. The zero-order valence-corrected chi connectivity index (χ0v) is 20.5. The molecule has 0 aliphatic carbocycles. The van der Waals surface area contributed by atoms with Crippen molar-refractivity contribution in [2.45, 2.75) is 20.0 Å². The largest absolute Gasteiger partial charge is 0.482 e. The van der Waals surface area contributed by atoms with Crippen LogP contribution in [0.1, 0.15) is 34.2 Å². The number of fused-ring (bicyclic) bond motifs is 1. The maximum Gasteiger partial charge on any atom is 0.335 e. The summed E-state index contributed by atoms with van der Waals surface area (Å²) in [5, 5.41) is 25.4. The van der Waals surface area contributed by atoms with Gasteiger partial charge in [0.15, 0.2) is 5.75 Å². The first kappa shape index (κ1) is 24.7. The molecule has 0 aliphatic rings. The average molecular weight is 551 g/mol. The van der Waals surface area contributed by atoms with Gasteiger partial charge in [-0.2, -0.15) is 9.78 Å². The fourth-order valence-electron chi connectivity index (χ4n) is 3.50. The Hall–Kier alpha value is -4.38. The number of carboxylic acids is 1. The van der Waals surface area contributed by atoms with Gasteiger partial charge in [0.25, 0.3) is 5.56 Å². The standard InChI is InChI=1S/C25H19BrN4O6/c1-2-23-28-20-8-7-18(26)12-19(20)24(31)29(23)27-13-15-6-9-22(21(11-15)30(34)35)36-14-16-4-3-5-17(10-16)25(32)33/h3-13H,2,14H2,1H3,(H,32,33). The second-order valence-corrected chi connectivity index (χ2v) is 8.60. The first-order valence-electron chi connectivity index (χ1n) is 10.8. The average Bonchev–Trinajstić information content (AvgIpc) is 2.87. The number of aromatic nitrogens is 2. The molecule has 182 valence electrons. The quantitative estimate of drug-likeness (QED) is 0.189. The Morgan fingerprint density at radius 3 is 2.75 bits per heavy atom. The number of benzene rings is 3. The minimum atomic E-state index is -1.08. The first-order chi connectivity index (χ1) is 17.3. The van der Waals surface area contributed by atoms with Crippen molar-refractivity contribution in [3.05, 3.63) is 108 Å². The maximum atomic E-state index is 13.0. The molecule has 4 rings (SSSR count). The van der Waals surface area contributed by atoms with E-state index in [-0.39, 0.29) is 29.2 Å². The van der Waals surface area contributed by atoms with E-state index in [0.717, 1.165) is 4.47 Å². The van der Waals surface area contributed by atoms with Crippen LogP contribution in [0.25, 0.3) is 10.9 Å². The second kappa shape index (κ2) is 10.5. The molecule has 3 aromatic carbocycles. The van der Waals surface area contributed by atoms with Crippen LogP contribution in [0.4, 0.5) is 5.69 Å². The van der Waals surface area contributed by atoms with Crippen molar-refractivity contribution in [1.29, 1.82) is 0 Å². The molecule has 0 aliphatic heterocycles. The molecule has 36 heavy (non-hydrogen) atoms. The smallest absolute Gasteiger partial charge is 0.335 e. The van der Waals surface area contributed by atoms with Crippen molar-refractivity contribution in [1.82, 2.24) is 9.66 Å². The number of ether oxygens (including phenoxy) is 1. The van der Waals surface area contributed by atoms with Crippen LogP contribution in [0, 0.1) is 10.1 Å². The molecule has 4 aromatic rings. The molecule has 10 nitrogen and oxygen atoms in total. The molecule has 0 saturated carbocycles. The number of hydrogen-bond acceptors (Lipinski definition) is 7. The Balaban J connectivity index is 1.63. The molecule has 0 spiro atoms. The monoisotopic (exact) mass is 550 g/mol. The Morgan fingerprint density at radius 1 is 1.22 bits per heavy atom. The third-order valence-corrected chi connectivity index (χ3v) is 5.76. The van der Waals surface area contributed by atoms with E-state index in [1.165, 1.54) is 35.2 Å². The third-order valence-electron chi connectivity index (χ3n) is 5.26. The predicted molar refractivity (Wildman–Crippen MR) is 137 cm³/mol. The number of aryl methyl sites for hydroxylation is 1. The molecule has 0 radical (unpaired) electrons. The Morgan fingerprint density at radius 2 is 2.03 bits per heavy atom. The van der Waals surface area contributed by atoms with Gasteiger partial charge in [-0.1, -0.05) is 35.0 Å². The molecule has 1 aromatic heterocycles. The molecule has 11 heteroatoms. The number of carboxylic acid groups (broad SMARTS) is 1. The van der Waals surface area contributed by atoms with E-state index in [1.807, 2.05) is 6.92 Å². The maximum absolute atomic E-state index is 13.0. The zero-order valence-electron chi connectivity index (χ0n) is 18.9. The second-order valence-electron chi connectivity index (χ2n) is 7.68. The summed E-state index contributed by atoms with van der Waals surface area (Å²) in [5.74, 6) is -0.614. The summed E-state index contributed by atoms with van der Waals surface area (Å²) < 4.78 is 7.52. The van der Waals surface area contributed by atoms with Crippen molar-refractivity contribution in [2.75, 3.05) is 0 Å². The van der Waals surface area contributed by atoms with Gasteiger partial charge in [0.1, 0.15) is 12.4 Å². The minimum absolute atomic E-state index is 0.0153. The molecule has 1 N–H and O–H groups in total. The van der Waals surface area contributed by atoms with Gasteiger partial charge in [-0.3, -0.25) is 14.9 Å². The molecule has 0 saturated heterocycles. The summed E-state index contributed by atoms with van der Waals surface area (Å²) in [6.45, 7) is 1.80. The Labute approximate surface area is 212 Å². The van der Waals surface area contributed by atoms with E-state index in [2.05, 4.69) is 26.0 Å². The number of hydrogen-bond donors (Lipinski definition) is 1. The fourth-order valence-corrected chi connectivity index (χ4v) is 3.86. The van der Waals surface area contributed by atoms with E-state index in [9.17, 15) is 19.7 Å². The number of carbonyl (C=O) groups is 1. The molecule has 0 amide bonds. The van der Waals surface area contributed by atoms with Gasteiger partial charge in [-0.15, -0.1) is 0 Å². The summed E-state index contributed by atoms with van der Waals surface area (Å²) in [5.41, 5.74) is 0.929. The van der Waals surface area contributed by atoms with Gasteiger partial charge in [-0.05, 0) is 48.0 Å². The normalized spacial score (nSPS) is 11.2. The highest BCUT2D eigenvalue weighted by atomic mass is 79.9. The van der Waals surface area contributed by atoms with Gasteiger partial charge in [-0.25, -0.2) is 9.78 Å². The van der Waals surface area contributed by atoms with Crippen LogP contribution in [-0.2, 0) is 13.0 Å². The highest BCUT2D eigenvalue weighted by Gasteiger charge is 2.17. The van der Waals surface area contributed by atoms with Crippen LogP contribution in [0.5, 0.6) is 5.75 Å². The molecular formula is C25H19BrN4O6. The van der Waals surface area contributed by atoms with Crippen LogP contribution in [0.15, 0.2) is 75.0 Å². The van der Waals surface area contributed by atoms with Gasteiger partial charge < -0.3 is 9.84 Å². The van der Waals surface area contributed by atoms with Crippen molar-refractivity contribution < 1.29 is 19.6 Å². The van der Waals surface area contributed by atoms with Gasteiger partial charge in [0.05, 0.1) is 27.6 Å². The highest BCUT2D eigenvalue weighted by molar-refractivity contribution is 9.10. The third kappa shape index (κ3) is 5.31. The van der Waals surface area contributed by atoms with E-state index in [4.69, 9.17) is 9.84 Å². The van der Waals surface area contributed by atoms with Crippen LogP contribution >= 0.6 is 15.9 Å². The topological polar surface area (TPSA) is 137 Å². The fraction of sp³-hybridized carbons (Fsp3) is 0.120. The van der Waals surface area contributed by atoms with E-state index in [0.29, 0.717) is 34.3 Å². The van der Waals surface area contributed by atoms with Crippen molar-refractivity contribution >= 4 is 44.7 Å². The molecule has 1 heterocycles. The molecule has 0 atom stereocenters. The van der Waals surface area contributed by atoms with E-state index >= 15 is 0 Å². The van der Waals surface area contributed by atoms with E-state index < -0.39 is 10.9 Å². The lowest BCUT2D eigenvalue weighted by Gasteiger charge is -2.09. The summed E-state index contributed by atoms with van der Waals surface area (Å²) >= 11 is 3.35. The van der Waals surface area contributed by atoms with Crippen LogP contribution < -0.4 is 10.3 Å². The van der Waals surface area contributed by atoms with Crippen LogP contribution in [0.2, 0.25) is 0 Å².